The molecular weight excluding hydrogens is 1220 g/mol. The van der Waals surface area contributed by atoms with E-state index in [4.69, 9.17) is 32.3 Å². The van der Waals surface area contributed by atoms with Gasteiger partial charge in [-0.2, -0.15) is 0 Å². The first-order valence-corrected chi connectivity index (χ1v) is 38.5. The van der Waals surface area contributed by atoms with Crippen molar-refractivity contribution in [2.75, 3.05) is 39.6 Å². The molecule has 0 aliphatic carbocycles. The summed E-state index contributed by atoms with van der Waals surface area (Å²) in [5.41, 5.74) is 0. The summed E-state index contributed by atoms with van der Waals surface area (Å²) in [5, 5.41) is 20.6. The van der Waals surface area contributed by atoms with Gasteiger partial charge in [-0.25, -0.2) is 9.13 Å². The van der Waals surface area contributed by atoms with Crippen molar-refractivity contribution in [3.8, 4) is 0 Å². The van der Waals surface area contributed by atoms with Gasteiger partial charge in [-0.3, -0.25) is 32.5 Å². The number of hydrogen-bond donors (Lipinski definition) is 4. The number of carbonyl (C=O) groups excluding carboxylic acids is 3. The number of ether oxygens (including phenoxy) is 3. The molecule has 18 heteroatoms. The number of unbranched alkanes of at least 4 members (excludes halogenated alkanes) is 21. The molecule has 0 rings (SSSR count). The van der Waals surface area contributed by atoms with E-state index in [1.54, 1.807) is 0 Å². The molecule has 93 heavy (non-hydrogen) atoms. The van der Waals surface area contributed by atoms with E-state index >= 15 is 0 Å². The first-order valence-electron chi connectivity index (χ1n) is 35.5. The molecule has 5 unspecified atom stereocenters. The zero-order chi connectivity index (χ0) is 68.1. The molecule has 16 nitrogen and oxygen atoms in total. The number of aliphatic hydroxyl groups excluding tert-OH is 2. The van der Waals surface area contributed by atoms with Gasteiger partial charge in [0.15, 0.2) is 6.10 Å². The molecular formula is C75H126O16P2. The van der Waals surface area contributed by atoms with Gasteiger partial charge in [-0.1, -0.05) is 244 Å². The van der Waals surface area contributed by atoms with E-state index in [0.29, 0.717) is 19.3 Å². The molecule has 0 amide bonds. The van der Waals surface area contributed by atoms with Gasteiger partial charge in [0.1, 0.15) is 25.4 Å². The van der Waals surface area contributed by atoms with Gasteiger partial charge >= 0.3 is 33.6 Å². The number of esters is 3. The van der Waals surface area contributed by atoms with Gasteiger partial charge in [0.2, 0.25) is 0 Å². The molecule has 0 aromatic rings. The van der Waals surface area contributed by atoms with Crippen LogP contribution in [0.15, 0.2) is 134 Å². The molecule has 0 fully saturated rings. The van der Waals surface area contributed by atoms with Gasteiger partial charge in [-0.15, -0.1) is 0 Å². The average molecular weight is 1350 g/mol. The minimum atomic E-state index is -4.93. The van der Waals surface area contributed by atoms with Crippen LogP contribution in [-0.4, -0.2) is 95.9 Å². The molecule has 4 N–H and O–H groups in total. The molecule has 0 aliphatic heterocycles. The van der Waals surface area contributed by atoms with Crippen LogP contribution >= 0.6 is 15.6 Å². The molecule has 0 bridgehead atoms. The second-order valence-corrected chi connectivity index (χ2v) is 26.2. The largest absolute Gasteiger partial charge is 0.472 e. The van der Waals surface area contributed by atoms with E-state index in [-0.39, 0.29) is 19.3 Å². The molecule has 532 valence electrons. The Morgan fingerprint density at radius 1 is 0.312 bits per heavy atom. The fraction of sp³-hybridized carbons (Fsp3) is 0.667. The average Bonchev–Trinajstić information content (AvgIpc) is 2.77. The van der Waals surface area contributed by atoms with Gasteiger partial charge in [0.25, 0.3) is 0 Å². The molecule has 0 aromatic carbocycles. The Hall–Kier alpha value is -4.31. The topological polar surface area (TPSA) is 231 Å². The molecule has 0 saturated carbocycles. The third kappa shape index (κ3) is 68.9. The highest BCUT2D eigenvalue weighted by atomic mass is 31.2. The number of rotatable bonds is 66. The molecule has 0 aromatic heterocycles. The second-order valence-electron chi connectivity index (χ2n) is 23.3. The maximum atomic E-state index is 12.9. The van der Waals surface area contributed by atoms with Crippen LogP contribution in [0.5, 0.6) is 0 Å². The summed E-state index contributed by atoms with van der Waals surface area (Å²) >= 11 is 0. The zero-order valence-corrected chi connectivity index (χ0v) is 59.4. The maximum Gasteiger partial charge on any atom is 0.472 e. The SMILES string of the molecule is CC/C=C\C/C=C\C/C=C\C/C=C\C/C=C\C/C=C\CCCCCCCCCCC(=O)OCC(O)COP(=O)(O)OCC(O)COP(=O)(O)OCC(COC(=O)CCCCCC/C=C\C/C=C\C/C=C\C/C=C\CC)OC(=O)CCCCCCC/C=C\CCCCCC. The number of phosphoric ester groups is 2. The van der Waals surface area contributed by atoms with E-state index in [2.05, 4.69) is 154 Å². The Bertz CT molecular complexity index is 2230. The molecule has 0 heterocycles. The van der Waals surface area contributed by atoms with Gasteiger partial charge < -0.3 is 34.2 Å². The highest BCUT2D eigenvalue weighted by Crippen LogP contribution is 2.45. The Kier molecular flexibility index (Phi) is 64.5. The van der Waals surface area contributed by atoms with Crippen molar-refractivity contribution in [3.63, 3.8) is 0 Å². The van der Waals surface area contributed by atoms with Crippen molar-refractivity contribution in [1.29, 1.82) is 0 Å². The third-order valence-corrected chi connectivity index (χ3v) is 16.2. The summed E-state index contributed by atoms with van der Waals surface area (Å²) in [6.45, 7) is 2.36. The predicted octanol–water partition coefficient (Wildman–Crippen LogP) is 20.0. The lowest BCUT2D eigenvalue weighted by atomic mass is 10.1. The first kappa shape index (κ1) is 88.7. The number of carbonyl (C=O) groups is 3. The van der Waals surface area contributed by atoms with E-state index in [1.165, 1.54) is 44.9 Å². The number of allylic oxidation sites excluding steroid dienone is 22. The number of phosphoric acid groups is 2. The van der Waals surface area contributed by atoms with Crippen molar-refractivity contribution < 1.29 is 75.8 Å². The van der Waals surface area contributed by atoms with Crippen molar-refractivity contribution in [2.24, 2.45) is 0 Å². The van der Waals surface area contributed by atoms with Crippen molar-refractivity contribution in [3.05, 3.63) is 134 Å². The van der Waals surface area contributed by atoms with Crippen LogP contribution in [0.1, 0.15) is 265 Å². The zero-order valence-electron chi connectivity index (χ0n) is 57.6. The molecule has 0 aliphatic rings. The summed E-state index contributed by atoms with van der Waals surface area (Å²) in [7, 11) is -9.79. The highest BCUT2D eigenvalue weighted by molar-refractivity contribution is 7.47. The van der Waals surface area contributed by atoms with Crippen molar-refractivity contribution >= 4 is 33.6 Å². The fourth-order valence-corrected chi connectivity index (χ4v) is 10.6. The summed E-state index contributed by atoms with van der Waals surface area (Å²) in [6.07, 6.45) is 79.3. The van der Waals surface area contributed by atoms with Crippen LogP contribution < -0.4 is 0 Å². The normalized spacial score (nSPS) is 15.0. The minimum Gasteiger partial charge on any atom is -0.463 e. The van der Waals surface area contributed by atoms with Gasteiger partial charge in [0, 0.05) is 19.3 Å². The van der Waals surface area contributed by atoms with Crippen LogP contribution in [-0.2, 0) is 55.8 Å². The number of aliphatic hydroxyl groups is 2. The van der Waals surface area contributed by atoms with Crippen LogP contribution in [0.25, 0.3) is 0 Å². The fourth-order valence-electron chi connectivity index (χ4n) is 8.97. The van der Waals surface area contributed by atoms with Crippen LogP contribution in [0, 0.1) is 0 Å². The Labute approximate surface area is 563 Å². The molecule has 0 saturated heterocycles. The predicted molar refractivity (Wildman–Crippen MR) is 380 cm³/mol. The summed E-state index contributed by atoms with van der Waals surface area (Å²) < 4.78 is 60.9. The van der Waals surface area contributed by atoms with E-state index < -0.39 is 91.5 Å². The quantitative estimate of drug-likeness (QED) is 0.0146. The van der Waals surface area contributed by atoms with Crippen LogP contribution in [0.2, 0.25) is 0 Å². The van der Waals surface area contributed by atoms with Gasteiger partial charge in [0.05, 0.1) is 26.4 Å². The third-order valence-electron chi connectivity index (χ3n) is 14.3. The molecule has 5 atom stereocenters. The second kappa shape index (κ2) is 67.7. The minimum absolute atomic E-state index is 0.0860. The Balaban J connectivity index is 4.56. The Morgan fingerprint density at radius 2 is 0.570 bits per heavy atom. The first-order chi connectivity index (χ1) is 45.2. The molecule has 0 radical (unpaired) electrons. The lowest BCUT2D eigenvalue weighted by Crippen LogP contribution is -2.30. The summed E-state index contributed by atoms with van der Waals surface area (Å²) in [6, 6.07) is 0. The Morgan fingerprint density at radius 3 is 0.914 bits per heavy atom. The van der Waals surface area contributed by atoms with Crippen LogP contribution in [0.4, 0.5) is 0 Å². The smallest absolute Gasteiger partial charge is 0.463 e. The number of hydrogen-bond acceptors (Lipinski definition) is 14. The van der Waals surface area contributed by atoms with Gasteiger partial charge in [-0.05, 0) is 135 Å². The van der Waals surface area contributed by atoms with Crippen molar-refractivity contribution in [1.82, 2.24) is 0 Å². The standard InChI is InChI=1S/C75H126O16P2/c1-4-7-10-13-16-19-22-25-27-29-30-31-32-33-34-35-36-37-38-40-42-44-46-49-52-55-58-61-73(78)85-64-70(76)65-87-92(81,82)88-66-71(77)67-89-93(83,84)90-69-72(91-75(80)63-60-57-54-51-48-43-24-21-18-15-12-9-6-3)68-86-74(79)62-59-56-53-50-47-45-41-39-28-26-23-20-17-14-11-8-5-2/h7-8,10-11,16-17,19-21,24-28,30-31,33-34,36-37,41,45,70-72,76-77H,4-6,9,12-15,18,22-23,29,32,35,38-40,42-44,46-69H2,1-3H3,(H,81,82)(H,83,84)/b10-7-,11-8-,19-16-,20-17-,24-21-,27-25-,28-26-,31-30-,34-33-,37-36-,45-41-. The lowest BCUT2D eigenvalue weighted by Gasteiger charge is -2.21. The maximum absolute atomic E-state index is 12.9. The van der Waals surface area contributed by atoms with E-state index in [0.717, 1.165) is 161 Å². The molecule has 0 spiro atoms. The monoisotopic (exact) mass is 1340 g/mol. The summed E-state index contributed by atoms with van der Waals surface area (Å²) in [4.78, 5) is 58.4. The van der Waals surface area contributed by atoms with E-state index in [9.17, 15) is 43.5 Å². The van der Waals surface area contributed by atoms with Crippen LogP contribution in [0.3, 0.4) is 0 Å². The summed E-state index contributed by atoms with van der Waals surface area (Å²) in [5.74, 6) is -1.63. The van der Waals surface area contributed by atoms with E-state index in [1.807, 2.05) is 0 Å². The lowest BCUT2D eigenvalue weighted by molar-refractivity contribution is -0.161. The van der Waals surface area contributed by atoms with Crippen molar-refractivity contribution in [2.45, 2.75) is 283 Å². The highest BCUT2D eigenvalue weighted by Gasteiger charge is 2.29.